The van der Waals surface area contributed by atoms with Crippen LogP contribution in [0.25, 0.3) is 22.3 Å². The van der Waals surface area contributed by atoms with Crippen molar-refractivity contribution in [3.8, 4) is 33.8 Å². The number of carbonyl (C=O) groups is 7. The summed E-state index contributed by atoms with van der Waals surface area (Å²) < 4.78 is 12.0. The smallest absolute Gasteiger partial charge is 0.251 e. The van der Waals surface area contributed by atoms with E-state index in [9.17, 15) is 74.4 Å². The molecule has 3 heterocycles. The number of benzene rings is 4. The number of carbonyl (C=O) groups excluding carboxylic acids is 7. The van der Waals surface area contributed by atoms with Crippen LogP contribution < -0.4 is 31.3 Å². The molecule has 3 fully saturated rings. The molecule has 0 unspecified atom stereocenters. The molecule has 15 atom stereocenters. The first-order chi connectivity index (χ1) is 42.9. The van der Waals surface area contributed by atoms with Gasteiger partial charge in [-0.1, -0.05) is 101 Å². The molecule has 3 aliphatic rings. The molecule has 90 heavy (non-hydrogen) atoms. The maximum absolute atomic E-state index is 14.9. The predicted octanol–water partition coefficient (Wildman–Crippen LogP) is 0.829. The molecule has 4 aromatic carbocycles. The number of nitrogens with zero attached hydrogens (tertiary/aromatic N) is 3. The summed E-state index contributed by atoms with van der Waals surface area (Å²) in [6.45, 7) is 8.45. The largest absolute Gasteiger partial charge is 0.508 e. The van der Waals surface area contributed by atoms with Crippen molar-refractivity contribution in [1.29, 1.82) is 0 Å². The molecule has 0 radical (unpaired) electrons. The van der Waals surface area contributed by atoms with Gasteiger partial charge < -0.3 is 91.6 Å². The number of aliphatic hydroxyl groups excluding tert-OH is 7. The highest BCUT2D eigenvalue weighted by Crippen LogP contribution is 2.30. The van der Waals surface area contributed by atoms with E-state index in [1.807, 2.05) is 67.4 Å². The zero-order valence-corrected chi connectivity index (χ0v) is 51.7. The molecule has 0 bridgehead atoms. The lowest BCUT2D eigenvalue weighted by Crippen LogP contribution is -2.64. The Morgan fingerprint density at radius 2 is 1.18 bits per heavy atom. The van der Waals surface area contributed by atoms with Crippen LogP contribution in [-0.2, 0) is 33.5 Å². The lowest BCUT2D eigenvalue weighted by atomic mass is 9.96. The van der Waals surface area contributed by atoms with E-state index in [1.54, 1.807) is 12.1 Å². The van der Waals surface area contributed by atoms with Crippen molar-refractivity contribution in [1.82, 2.24) is 41.3 Å². The Morgan fingerprint density at radius 3 is 1.76 bits per heavy atom. The van der Waals surface area contributed by atoms with Gasteiger partial charge in [0.05, 0.1) is 37.6 Å². The molecule has 3 aliphatic heterocycles. The van der Waals surface area contributed by atoms with E-state index < -0.39 is 152 Å². The second kappa shape index (κ2) is 32.4. The minimum absolute atomic E-state index is 0.0490. The molecule has 7 rings (SSSR count). The van der Waals surface area contributed by atoms with Crippen molar-refractivity contribution in [2.24, 2.45) is 5.92 Å². The molecule has 25 nitrogen and oxygen atoms in total. The molecule has 0 saturated carbocycles. The van der Waals surface area contributed by atoms with Gasteiger partial charge in [0.1, 0.15) is 66.1 Å². The third kappa shape index (κ3) is 17.9. The maximum Gasteiger partial charge on any atom is 0.251 e. The first-order valence-corrected chi connectivity index (χ1v) is 30.8. The molecule has 4 aromatic rings. The van der Waals surface area contributed by atoms with Gasteiger partial charge in [0.2, 0.25) is 35.4 Å². The number of amides is 7. The monoisotopic (exact) mass is 1250 g/mol. The molecule has 0 aliphatic carbocycles. The summed E-state index contributed by atoms with van der Waals surface area (Å²) in [7, 11) is 1.82. The third-order valence-electron chi connectivity index (χ3n) is 16.7. The number of phenolic OH excluding ortho intramolecular Hbond substituents is 1. The Labute approximate surface area is 523 Å². The van der Waals surface area contributed by atoms with Crippen molar-refractivity contribution >= 4 is 41.4 Å². The fourth-order valence-electron chi connectivity index (χ4n) is 11.2. The fraction of sp³-hybridized carbons (Fsp3) is 0.523. The predicted molar refractivity (Wildman–Crippen MR) is 330 cm³/mol. The van der Waals surface area contributed by atoms with E-state index in [-0.39, 0.29) is 36.6 Å². The highest BCUT2D eigenvalue weighted by molar-refractivity contribution is 6.00. The topological polar surface area (TPSA) is 370 Å². The minimum atomic E-state index is -2.29. The zero-order chi connectivity index (χ0) is 65.5. The van der Waals surface area contributed by atoms with Crippen molar-refractivity contribution in [2.75, 3.05) is 46.4 Å². The molecular weight excluding hydrogens is 1160 g/mol. The second-order valence-electron chi connectivity index (χ2n) is 23.8. The van der Waals surface area contributed by atoms with Gasteiger partial charge >= 0.3 is 0 Å². The average Bonchev–Trinajstić information content (AvgIpc) is 1.64. The number of likely N-dealkylation sites (N-methyl/N-ethyl adjacent to an activating group) is 1. The van der Waals surface area contributed by atoms with Crippen molar-refractivity contribution in [3.05, 3.63) is 108 Å². The summed E-state index contributed by atoms with van der Waals surface area (Å²) in [4.78, 5) is 106. The van der Waals surface area contributed by atoms with Crippen molar-refractivity contribution in [3.63, 3.8) is 0 Å². The Kier molecular flexibility index (Phi) is 25.2. The maximum atomic E-state index is 14.9. The van der Waals surface area contributed by atoms with Crippen molar-refractivity contribution < 1.29 is 83.9 Å². The number of fused-ring (bicyclic) bond motifs is 2. The van der Waals surface area contributed by atoms with Crippen LogP contribution in [-0.4, -0.2) is 222 Å². The summed E-state index contributed by atoms with van der Waals surface area (Å²) in [5.41, 5.74) is 3.48. The van der Waals surface area contributed by atoms with Gasteiger partial charge in [-0.05, 0) is 104 Å². The van der Waals surface area contributed by atoms with E-state index in [4.69, 9.17) is 9.47 Å². The quantitative estimate of drug-likeness (QED) is 0.0514. The van der Waals surface area contributed by atoms with Crippen LogP contribution >= 0.6 is 0 Å². The highest BCUT2D eigenvalue weighted by atomic mass is 16.5. The lowest BCUT2D eigenvalue weighted by molar-refractivity contribution is -0.149. The second-order valence-corrected chi connectivity index (χ2v) is 23.8. The number of aromatic hydroxyl groups is 1. The van der Waals surface area contributed by atoms with Gasteiger partial charge in [-0.15, -0.1) is 0 Å². The summed E-state index contributed by atoms with van der Waals surface area (Å²) in [5, 5.41) is 103. The van der Waals surface area contributed by atoms with E-state index >= 15 is 0 Å². The van der Waals surface area contributed by atoms with Gasteiger partial charge in [0, 0.05) is 44.0 Å². The number of nitrogens with one attached hydrogen (secondary N) is 5. The molecule has 25 heteroatoms. The molecule has 7 amide bonds. The van der Waals surface area contributed by atoms with Crippen LogP contribution in [0.1, 0.15) is 102 Å². The fourth-order valence-corrected chi connectivity index (χ4v) is 11.2. The van der Waals surface area contributed by atoms with Gasteiger partial charge in [-0.25, -0.2) is 0 Å². The molecular formula is C65H88N8O17. The van der Waals surface area contributed by atoms with Gasteiger partial charge in [0.15, 0.2) is 6.23 Å². The Morgan fingerprint density at radius 1 is 0.633 bits per heavy atom. The van der Waals surface area contributed by atoms with Gasteiger partial charge in [0.25, 0.3) is 5.91 Å². The summed E-state index contributed by atoms with van der Waals surface area (Å²) in [6.07, 6.45) is -10.9. The summed E-state index contributed by atoms with van der Waals surface area (Å²) in [6, 6.07) is 15.3. The summed E-state index contributed by atoms with van der Waals surface area (Å²) in [5.74, 6) is -8.23. The number of ether oxygens (including phenoxy) is 2. The summed E-state index contributed by atoms with van der Waals surface area (Å²) >= 11 is 0. The Balaban J connectivity index is 1.23. The van der Waals surface area contributed by atoms with E-state index in [1.165, 1.54) is 43.3 Å². The number of phenols is 1. The number of hydrogen-bond donors (Lipinski definition) is 13. The third-order valence-corrected chi connectivity index (χ3v) is 16.7. The Hall–Kier alpha value is -7.59. The molecule has 0 aromatic heterocycles. The lowest BCUT2D eigenvalue weighted by Gasteiger charge is -2.34. The van der Waals surface area contributed by atoms with Gasteiger partial charge in [-0.3, -0.25) is 33.6 Å². The minimum Gasteiger partial charge on any atom is -0.508 e. The number of hydrogen-bond acceptors (Lipinski definition) is 18. The normalized spacial score (nSPS) is 26.2. The standard InChI is InChI=1S/C65H88N8O17/c1-7-9-11-30-89-47-26-22-42(23-27-47)40-14-12-39(13-15-40)41-16-18-44(19-17-41)58(82)66-48-33-50(78)63(90-31-29-71(6)28-10-8-2)70-62(86)54-55(79)36(3)34-73(54)65(88)52(38(5)75)68-61(85)53(57(81)56(80)43-20-24-45(76)25-21-43)69-60(84)49-32-46(77)35-72(49)64(87)51(37(4)74)67-59(48)83/h12-27,36-38,46,48-57,63,74-81H,7-11,28-35H2,1-6H3,(H,66,82)(H,67,83)(H,68,85)(H,69,84)(H,70,86)/t36-,37+,38+,46+,48+,49-,50-,51-,52-,53-,54-,55-,56-,57-,63+/m0/s1. The van der Waals surface area contributed by atoms with Crippen LogP contribution in [0.15, 0.2) is 97.1 Å². The zero-order valence-electron chi connectivity index (χ0n) is 51.7. The Bertz CT molecular complexity index is 3050. The van der Waals surface area contributed by atoms with Crippen LogP contribution in [0, 0.1) is 5.92 Å². The number of unbranched alkanes of at least 4 members (excludes halogenated alkanes) is 3. The van der Waals surface area contributed by atoms with Crippen LogP contribution in [0.3, 0.4) is 0 Å². The first kappa shape index (κ1) is 69.9. The van der Waals surface area contributed by atoms with E-state index in [0.29, 0.717) is 13.2 Å². The molecule has 3 saturated heterocycles. The van der Waals surface area contributed by atoms with Crippen LogP contribution in [0.2, 0.25) is 0 Å². The first-order valence-electron chi connectivity index (χ1n) is 30.8. The van der Waals surface area contributed by atoms with Gasteiger partial charge in [-0.2, -0.15) is 0 Å². The molecule has 0 spiro atoms. The van der Waals surface area contributed by atoms with E-state index in [2.05, 4.69) is 33.5 Å². The van der Waals surface area contributed by atoms with Crippen LogP contribution in [0.5, 0.6) is 11.5 Å². The number of aliphatic hydroxyl groups is 7. The van der Waals surface area contributed by atoms with E-state index in [0.717, 1.165) is 83.8 Å². The number of rotatable bonds is 21. The SMILES string of the molecule is CCCCCOc1ccc(-c2ccc(-c3ccc(C(=O)N[C@@H]4C[C@H](O)[C@@H](OCCN(C)CCCC)NC(=O)[C@@H]5[C@@H](O)[C@@H](C)CN5C(=O)[C@H]([C@@H](C)O)NC(=O)[C@H]([C@H](O)[C@@H](O)c5ccc(O)cc5)NC(=O)[C@@H]5C[C@@H](O)CN5C(=O)[C@H]([C@@H](C)O)NC4=O)cc3)cc2)cc1. The average molecular weight is 1250 g/mol. The van der Waals surface area contributed by atoms with Crippen LogP contribution in [0.4, 0.5) is 0 Å². The van der Waals surface area contributed by atoms with Crippen molar-refractivity contribution in [2.45, 2.75) is 165 Å². The molecule has 13 N–H and O–H groups in total. The molecule has 490 valence electrons. The highest BCUT2D eigenvalue weighted by Gasteiger charge is 2.50.